The molecular formula is C11H15NO4. The summed E-state index contributed by atoms with van der Waals surface area (Å²) in [7, 11) is 0. The standard InChI is InChI=1S/C11H15NO4/c1-2-5-16-11(15)12-8(10(13)14)4-3-7-6-9(7)12/h2,7-9H,1,3-6H2,(H,13,14). The molecule has 0 aromatic heterocycles. The number of hydrogen-bond donors (Lipinski definition) is 1. The van der Waals surface area contributed by atoms with Crippen molar-refractivity contribution < 1.29 is 19.4 Å². The second-order valence-electron chi connectivity index (χ2n) is 4.27. The van der Waals surface area contributed by atoms with Gasteiger partial charge in [0.1, 0.15) is 12.6 Å². The average molecular weight is 225 g/mol. The fourth-order valence-electron chi connectivity index (χ4n) is 2.33. The summed E-state index contributed by atoms with van der Waals surface area (Å²) >= 11 is 0. The van der Waals surface area contributed by atoms with E-state index in [4.69, 9.17) is 9.84 Å². The third-order valence-electron chi connectivity index (χ3n) is 3.21. The van der Waals surface area contributed by atoms with E-state index in [1.165, 1.54) is 11.0 Å². The molecule has 1 aliphatic carbocycles. The summed E-state index contributed by atoms with van der Waals surface area (Å²) in [6.07, 6.45) is 3.28. The minimum atomic E-state index is -0.944. The normalized spacial score (nSPS) is 31.5. The Bertz CT molecular complexity index is 328. The zero-order valence-corrected chi connectivity index (χ0v) is 8.96. The summed E-state index contributed by atoms with van der Waals surface area (Å²) < 4.78 is 4.91. The molecule has 5 nitrogen and oxygen atoms in total. The van der Waals surface area contributed by atoms with E-state index in [-0.39, 0.29) is 12.6 Å². The molecule has 0 aromatic carbocycles. The molecule has 0 spiro atoms. The molecule has 1 aliphatic heterocycles. The Hall–Kier alpha value is -1.52. The van der Waals surface area contributed by atoms with Crippen molar-refractivity contribution >= 4 is 12.1 Å². The van der Waals surface area contributed by atoms with E-state index in [1.807, 2.05) is 0 Å². The Balaban J connectivity index is 2.05. The van der Waals surface area contributed by atoms with Gasteiger partial charge in [0, 0.05) is 6.04 Å². The van der Waals surface area contributed by atoms with E-state index in [0.717, 1.165) is 12.8 Å². The van der Waals surface area contributed by atoms with E-state index in [1.54, 1.807) is 0 Å². The van der Waals surface area contributed by atoms with Crippen LogP contribution < -0.4 is 0 Å². The Morgan fingerprint density at radius 3 is 2.88 bits per heavy atom. The van der Waals surface area contributed by atoms with Crippen molar-refractivity contribution in [3.63, 3.8) is 0 Å². The van der Waals surface area contributed by atoms with Crippen molar-refractivity contribution in [3.8, 4) is 0 Å². The predicted molar refractivity (Wildman–Crippen MR) is 55.9 cm³/mol. The molecule has 0 bridgehead atoms. The van der Waals surface area contributed by atoms with Gasteiger partial charge in [0.2, 0.25) is 0 Å². The number of amides is 1. The molecular weight excluding hydrogens is 210 g/mol. The van der Waals surface area contributed by atoms with Crippen LogP contribution in [0.2, 0.25) is 0 Å². The van der Waals surface area contributed by atoms with Gasteiger partial charge in [-0.15, -0.1) is 0 Å². The number of carboxylic acids is 1. The molecule has 16 heavy (non-hydrogen) atoms. The number of ether oxygens (including phenoxy) is 1. The molecule has 5 heteroatoms. The second kappa shape index (κ2) is 4.15. The first kappa shape index (κ1) is 11.0. The Morgan fingerprint density at radius 2 is 2.25 bits per heavy atom. The van der Waals surface area contributed by atoms with Crippen LogP contribution >= 0.6 is 0 Å². The van der Waals surface area contributed by atoms with Crippen LogP contribution in [0.5, 0.6) is 0 Å². The first-order valence-electron chi connectivity index (χ1n) is 5.44. The number of fused-ring (bicyclic) bond motifs is 1. The van der Waals surface area contributed by atoms with Gasteiger partial charge >= 0.3 is 12.1 Å². The van der Waals surface area contributed by atoms with Crippen LogP contribution in [0.4, 0.5) is 4.79 Å². The van der Waals surface area contributed by atoms with E-state index < -0.39 is 18.1 Å². The molecule has 1 heterocycles. The highest BCUT2D eigenvalue weighted by atomic mass is 16.6. The third-order valence-corrected chi connectivity index (χ3v) is 3.21. The molecule has 0 aromatic rings. The maximum atomic E-state index is 11.7. The number of rotatable bonds is 3. The van der Waals surface area contributed by atoms with Crippen molar-refractivity contribution in [1.82, 2.24) is 4.90 Å². The van der Waals surface area contributed by atoms with Gasteiger partial charge in [-0.05, 0) is 25.2 Å². The van der Waals surface area contributed by atoms with Gasteiger partial charge in [-0.2, -0.15) is 0 Å². The lowest BCUT2D eigenvalue weighted by atomic mass is 10.0. The molecule has 2 rings (SSSR count). The summed E-state index contributed by atoms with van der Waals surface area (Å²) in [4.78, 5) is 24.1. The molecule has 1 amide bonds. The predicted octanol–water partition coefficient (Wildman–Crippen LogP) is 1.25. The van der Waals surface area contributed by atoms with Gasteiger partial charge < -0.3 is 9.84 Å². The van der Waals surface area contributed by atoms with Gasteiger partial charge in [0.05, 0.1) is 0 Å². The van der Waals surface area contributed by atoms with Gasteiger partial charge in [-0.25, -0.2) is 9.59 Å². The average Bonchev–Trinajstić information content (AvgIpc) is 3.02. The minimum absolute atomic E-state index is 0.0761. The summed E-state index contributed by atoms with van der Waals surface area (Å²) in [5.41, 5.74) is 0. The zero-order valence-electron chi connectivity index (χ0n) is 8.96. The van der Waals surface area contributed by atoms with Crippen LogP contribution in [-0.2, 0) is 9.53 Å². The summed E-state index contributed by atoms with van der Waals surface area (Å²) in [5.74, 6) is -0.465. The number of carbonyl (C=O) groups is 2. The lowest BCUT2D eigenvalue weighted by molar-refractivity contribution is -0.144. The largest absolute Gasteiger partial charge is 0.480 e. The number of carboxylic acid groups (broad SMARTS) is 1. The molecule has 1 N–H and O–H groups in total. The maximum absolute atomic E-state index is 11.7. The van der Waals surface area contributed by atoms with Crippen molar-refractivity contribution in [2.75, 3.05) is 6.61 Å². The minimum Gasteiger partial charge on any atom is -0.480 e. The summed E-state index contributed by atoms with van der Waals surface area (Å²) in [6, 6.07) is -0.645. The number of carbonyl (C=O) groups excluding carboxylic acids is 1. The number of hydrogen-bond acceptors (Lipinski definition) is 3. The number of aliphatic carboxylic acids is 1. The highest BCUT2D eigenvalue weighted by molar-refractivity contribution is 5.81. The molecule has 2 fully saturated rings. The van der Waals surface area contributed by atoms with E-state index in [9.17, 15) is 9.59 Å². The molecule has 1 saturated carbocycles. The molecule has 0 radical (unpaired) electrons. The SMILES string of the molecule is C=CCOC(=O)N1C(C(=O)O)CCC2CC21. The quantitative estimate of drug-likeness (QED) is 0.734. The lowest BCUT2D eigenvalue weighted by Gasteiger charge is -2.31. The fraction of sp³-hybridized carbons (Fsp3) is 0.636. The number of nitrogens with zero attached hydrogens (tertiary/aromatic N) is 1. The Labute approximate surface area is 93.7 Å². The van der Waals surface area contributed by atoms with Gasteiger partial charge in [0.15, 0.2) is 0 Å². The molecule has 1 saturated heterocycles. The fourth-order valence-corrected chi connectivity index (χ4v) is 2.33. The third kappa shape index (κ3) is 1.89. The van der Waals surface area contributed by atoms with E-state index in [0.29, 0.717) is 12.3 Å². The van der Waals surface area contributed by atoms with Crippen molar-refractivity contribution in [2.24, 2.45) is 5.92 Å². The van der Waals surface area contributed by atoms with Crippen LogP contribution in [0, 0.1) is 5.92 Å². The van der Waals surface area contributed by atoms with Gasteiger partial charge in [-0.1, -0.05) is 12.7 Å². The summed E-state index contributed by atoms with van der Waals surface area (Å²) in [6.45, 7) is 3.57. The first-order chi connectivity index (χ1) is 7.65. The first-order valence-corrected chi connectivity index (χ1v) is 5.44. The molecule has 3 unspecified atom stereocenters. The summed E-state index contributed by atoms with van der Waals surface area (Å²) in [5, 5.41) is 9.05. The van der Waals surface area contributed by atoms with Crippen LogP contribution in [0.25, 0.3) is 0 Å². The number of likely N-dealkylation sites (tertiary alicyclic amines) is 1. The van der Waals surface area contributed by atoms with Crippen LogP contribution in [0.15, 0.2) is 12.7 Å². The van der Waals surface area contributed by atoms with Crippen LogP contribution in [-0.4, -0.2) is 40.8 Å². The highest BCUT2D eigenvalue weighted by Gasteiger charge is 2.52. The van der Waals surface area contributed by atoms with E-state index in [2.05, 4.69) is 6.58 Å². The van der Waals surface area contributed by atoms with Crippen molar-refractivity contribution in [2.45, 2.75) is 31.3 Å². The number of piperidine rings is 1. The van der Waals surface area contributed by atoms with Crippen molar-refractivity contribution in [3.05, 3.63) is 12.7 Å². The monoisotopic (exact) mass is 225 g/mol. The van der Waals surface area contributed by atoms with Crippen LogP contribution in [0.3, 0.4) is 0 Å². The van der Waals surface area contributed by atoms with Crippen LogP contribution in [0.1, 0.15) is 19.3 Å². The Morgan fingerprint density at radius 1 is 1.50 bits per heavy atom. The second-order valence-corrected chi connectivity index (χ2v) is 4.27. The highest BCUT2D eigenvalue weighted by Crippen LogP contribution is 2.45. The van der Waals surface area contributed by atoms with E-state index >= 15 is 0 Å². The molecule has 88 valence electrons. The van der Waals surface area contributed by atoms with Gasteiger partial charge in [-0.3, -0.25) is 4.90 Å². The zero-order chi connectivity index (χ0) is 11.7. The molecule has 2 aliphatic rings. The smallest absolute Gasteiger partial charge is 0.411 e. The maximum Gasteiger partial charge on any atom is 0.411 e. The Kier molecular flexibility index (Phi) is 2.85. The van der Waals surface area contributed by atoms with Crippen molar-refractivity contribution in [1.29, 1.82) is 0 Å². The lowest BCUT2D eigenvalue weighted by Crippen LogP contribution is -2.49. The topological polar surface area (TPSA) is 66.8 Å². The van der Waals surface area contributed by atoms with Gasteiger partial charge in [0.25, 0.3) is 0 Å². The molecule has 3 atom stereocenters.